The second-order valence-corrected chi connectivity index (χ2v) is 6.22. The van der Waals surface area contributed by atoms with E-state index in [-0.39, 0.29) is 17.0 Å². The van der Waals surface area contributed by atoms with Crippen LogP contribution in [0.4, 0.5) is 0 Å². The molecule has 0 radical (unpaired) electrons. The number of hydrogen-bond acceptors (Lipinski definition) is 5. The highest BCUT2D eigenvalue weighted by molar-refractivity contribution is 7.11. The maximum Gasteiger partial charge on any atom is 0.367 e. The summed E-state index contributed by atoms with van der Waals surface area (Å²) < 4.78 is 4.87. The fraction of sp³-hybridized carbons (Fsp3) is 0.667. The summed E-state index contributed by atoms with van der Waals surface area (Å²) in [6, 6.07) is 0.230. The number of hydrogen-bond donors (Lipinski definition) is 1. The maximum atomic E-state index is 12.1. The van der Waals surface area contributed by atoms with Gasteiger partial charge in [0.05, 0.1) is 6.61 Å². The summed E-state index contributed by atoms with van der Waals surface area (Å²) in [6.45, 7) is 4.27. The lowest BCUT2D eigenvalue weighted by Crippen LogP contribution is -2.37. The van der Waals surface area contributed by atoms with Crippen LogP contribution in [0, 0.1) is 5.92 Å². The van der Waals surface area contributed by atoms with E-state index in [1.807, 2.05) is 0 Å². The predicted molar refractivity (Wildman–Crippen MR) is 81.6 cm³/mol. The molecule has 5 nitrogen and oxygen atoms in total. The van der Waals surface area contributed by atoms with E-state index in [0.717, 1.165) is 30.1 Å². The van der Waals surface area contributed by atoms with Gasteiger partial charge in [-0.25, -0.2) is 9.78 Å². The van der Waals surface area contributed by atoms with Crippen LogP contribution in [-0.4, -0.2) is 29.5 Å². The van der Waals surface area contributed by atoms with Crippen molar-refractivity contribution in [3.63, 3.8) is 0 Å². The van der Waals surface area contributed by atoms with Gasteiger partial charge < -0.3 is 10.1 Å². The standard InChI is InChI=1S/C15H22N2O3S/c1-3-10-5-7-11(8-6-10)16-13(18)12-9-21-14(17-12)15(19)20-4-2/h9-11H,3-8H2,1-2H3,(H,16,18). The highest BCUT2D eigenvalue weighted by atomic mass is 32.1. The van der Waals surface area contributed by atoms with Crippen LogP contribution in [0.3, 0.4) is 0 Å². The maximum absolute atomic E-state index is 12.1. The summed E-state index contributed by atoms with van der Waals surface area (Å²) in [4.78, 5) is 27.7. The van der Waals surface area contributed by atoms with Crippen LogP contribution in [0.15, 0.2) is 5.38 Å². The largest absolute Gasteiger partial charge is 0.461 e. The highest BCUT2D eigenvalue weighted by Gasteiger charge is 2.23. The number of thiazole rings is 1. The summed E-state index contributed by atoms with van der Waals surface area (Å²) in [7, 11) is 0. The molecule has 2 rings (SSSR count). The van der Waals surface area contributed by atoms with Crippen molar-refractivity contribution in [3.05, 3.63) is 16.1 Å². The number of amides is 1. The van der Waals surface area contributed by atoms with Gasteiger partial charge in [0, 0.05) is 11.4 Å². The zero-order chi connectivity index (χ0) is 15.2. The monoisotopic (exact) mass is 310 g/mol. The van der Waals surface area contributed by atoms with Crippen molar-refractivity contribution in [2.45, 2.75) is 52.0 Å². The molecule has 1 aromatic heterocycles. The lowest BCUT2D eigenvalue weighted by atomic mass is 9.84. The molecule has 1 aliphatic carbocycles. The molecule has 1 amide bonds. The van der Waals surface area contributed by atoms with Gasteiger partial charge in [0.2, 0.25) is 5.01 Å². The Kier molecular flexibility index (Phi) is 5.73. The summed E-state index contributed by atoms with van der Waals surface area (Å²) >= 11 is 1.15. The van der Waals surface area contributed by atoms with E-state index >= 15 is 0 Å². The van der Waals surface area contributed by atoms with Gasteiger partial charge in [-0.2, -0.15) is 0 Å². The van der Waals surface area contributed by atoms with Crippen molar-refractivity contribution in [1.29, 1.82) is 0 Å². The van der Waals surface area contributed by atoms with Crippen LogP contribution in [0.1, 0.15) is 66.2 Å². The smallest absolute Gasteiger partial charge is 0.367 e. The Morgan fingerprint density at radius 3 is 2.67 bits per heavy atom. The van der Waals surface area contributed by atoms with Gasteiger partial charge in [0.25, 0.3) is 5.91 Å². The third kappa shape index (κ3) is 4.27. The molecule has 0 spiro atoms. The molecular formula is C15H22N2O3S. The first-order valence-electron chi connectivity index (χ1n) is 7.57. The number of ether oxygens (including phenoxy) is 1. The average Bonchev–Trinajstić information content (AvgIpc) is 2.98. The van der Waals surface area contributed by atoms with Crippen molar-refractivity contribution >= 4 is 23.2 Å². The van der Waals surface area contributed by atoms with E-state index in [9.17, 15) is 9.59 Å². The van der Waals surface area contributed by atoms with E-state index in [1.165, 1.54) is 19.3 Å². The van der Waals surface area contributed by atoms with Crippen molar-refractivity contribution in [3.8, 4) is 0 Å². The van der Waals surface area contributed by atoms with Gasteiger partial charge in [-0.05, 0) is 38.5 Å². The number of carbonyl (C=O) groups excluding carboxylic acids is 2. The average molecular weight is 310 g/mol. The molecule has 116 valence electrons. The highest BCUT2D eigenvalue weighted by Crippen LogP contribution is 2.26. The zero-order valence-corrected chi connectivity index (χ0v) is 13.4. The van der Waals surface area contributed by atoms with Gasteiger partial charge in [-0.15, -0.1) is 11.3 Å². The number of nitrogens with one attached hydrogen (secondary N) is 1. The fourth-order valence-electron chi connectivity index (χ4n) is 2.64. The third-order valence-corrected chi connectivity index (χ3v) is 4.77. The first-order valence-corrected chi connectivity index (χ1v) is 8.45. The van der Waals surface area contributed by atoms with Crippen molar-refractivity contribution in [2.75, 3.05) is 6.61 Å². The molecule has 0 unspecified atom stereocenters. The lowest BCUT2D eigenvalue weighted by molar-refractivity contribution is 0.0526. The van der Waals surface area contributed by atoms with Gasteiger partial charge in [0.15, 0.2) is 0 Å². The Morgan fingerprint density at radius 1 is 1.33 bits per heavy atom. The number of rotatable bonds is 5. The molecule has 6 heteroatoms. The second-order valence-electron chi connectivity index (χ2n) is 5.36. The molecule has 21 heavy (non-hydrogen) atoms. The summed E-state index contributed by atoms with van der Waals surface area (Å²) in [5.74, 6) is 0.139. The van der Waals surface area contributed by atoms with Crippen molar-refractivity contribution in [1.82, 2.24) is 10.3 Å². The summed E-state index contributed by atoms with van der Waals surface area (Å²) in [5.41, 5.74) is 0.306. The Labute approximate surface area is 129 Å². The number of carbonyl (C=O) groups is 2. The molecule has 1 saturated carbocycles. The molecule has 0 aromatic carbocycles. The van der Waals surface area contributed by atoms with Crippen molar-refractivity contribution in [2.24, 2.45) is 5.92 Å². The van der Waals surface area contributed by atoms with Crippen LogP contribution < -0.4 is 5.32 Å². The normalized spacial score (nSPS) is 21.8. The molecule has 1 N–H and O–H groups in total. The first-order chi connectivity index (χ1) is 10.1. The Hall–Kier alpha value is -1.43. The number of nitrogens with zero attached hydrogens (tertiary/aromatic N) is 1. The second kappa shape index (κ2) is 7.54. The van der Waals surface area contributed by atoms with E-state index in [1.54, 1.807) is 12.3 Å². The molecule has 1 fully saturated rings. The number of esters is 1. The van der Waals surface area contributed by atoms with Gasteiger partial charge in [0.1, 0.15) is 5.69 Å². The van der Waals surface area contributed by atoms with Crippen molar-refractivity contribution < 1.29 is 14.3 Å². The fourth-order valence-corrected chi connectivity index (χ4v) is 3.33. The molecule has 1 aromatic rings. The van der Waals surface area contributed by atoms with E-state index < -0.39 is 5.97 Å². The summed E-state index contributed by atoms with van der Waals surface area (Å²) in [5, 5.41) is 4.86. The first kappa shape index (κ1) is 15.9. The third-order valence-electron chi connectivity index (χ3n) is 3.95. The Balaban J connectivity index is 1.88. The minimum absolute atomic E-state index is 0.193. The zero-order valence-electron chi connectivity index (χ0n) is 12.6. The van der Waals surface area contributed by atoms with Crippen LogP contribution in [0.5, 0.6) is 0 Å². The molecule has 0 bridgehead atoms. The van der Waals surface area contributed by atoms with Crippen LogP contribution >= 0.6 is 11.3 Å². The van der Waals surface area contributed by atoms with Crippen LogP contribution in [0.25, 0.3) is 0 Å². The molecule has 1 aliphatic rings. The Morgan fingerprint density at radius 2 is 2.05 bits per heavy atom. The van der Waals surface area contributed by atoms with Gasteiger partial charge in [-0.1, -0.05) is 13.3 Å². The molecule has 1 heterocycles. The molecule has 0 saturated heterocycles. The topological polar surface area (TPSA) is 68.3 Å². The van der Waals surface area contributed by atoms with E-state index in [4.69, 9.17) is 4.74 Å². The lowest BCUT2D eigenvalue weighted by Gasteiger charge is -2.28. The predicted octanol–water partition coefficient (Wildman–Crippen LogP) is 3.02. The van der Waals surface area contributed by atoms with Crippen LogP contribution in [0.2, 0.25) is 0 Å². The quantitative estimate of drug-likeness (QED) is 0.849. The minimum Gasteiger partial charge on any atom is -0.461 e. The SMILES string of the molecule is CCOC(=O)c1nc(C(=O)NC2CCC(CC)CC2)cs1. The van der Waals surface area contributed by atoms with E-state index in [0.29, 0.717) is 12.3 Å². The van der Waals surface area contributed by atoms with Gasteiger partial charge >= 0.3 is 5.97 Å². The summed E-state index contributed by atoms with van der Waals surface area (Å²) in [6.07, 6.45) is 5.62. The molecule has 0 aliphatic heterocycles. The molecular weight excluding hydrogens is 288 g/mol. The van der Waals surface area contributed by atoms with Gasteiger partial charge in [-0.3, -0.25) is 4.79 Å². The Bertz CT molecular complexity index is 493. The minimum atomic E-state index is -0.468. The van der Waals surface area contributed by atoms with E-state index in [2.05, 4.69) is 17.2 Å². The molecule has 0 atom stereocenters. The number of aromatic nitrogens is 1. The van der Waals surface area contributed by atoms with Crippen LogP contribution in [-0.2, 0) is 4.74 Å².